The van der Waals surface area contributed by atoms with Crippen molar-refractivity contribution in [2.45, 2.75) is 38.6 Å². The Balaban J connectivity index is 1.73. The van der Waals surface area contributed by atoms with Gasteiger partial charge in [-0.1, -0.05) is 26.0 Å². The summed E-state index contributed by atoms with van der Waals surface area (Å²) in [6.07, 6.45) is 3.34. The van der Waals surface area contributed by atoms with Gasteiger partial charge in [-0.3, -0.25) is 9.59 Å². The number of rotatable bonds is 5. The summed E-state index contributed by atoms with van der Waals surface area (Å²) in [5.41, 5.74) is 6.43. The largest absolute Gasteiger partial charge is 0.368 e. The number of nitrogens with one attached hydrogen (secondary N) is 1. The number of nitrogens with zero attached hydrogens (tertiary/aromatic N) is 3. The standard InChI is InChI=1S/C21H26FN5O2/c1-13(2)18(26-19(28)15-7-3-4-8-16(15)22)20(29)27-11-5-6-14(12-27)17-9-10-24-21(23)25-17/h3-4,7-10,13-14,18H,5-6,11-12H2,1-2H3,(H,26,28)(H2,23,24,25)/t14-,18+/m1/s1. The van der Waals surface area contributed by atoms with Gasteiger partial charge in [0.1, 0.15) is 11.9 Å². The van der Waals surface area contributed by atoms with E-state index in [1.165, 1.54) is 18.2 Å². The Hall–Kier alpha value is -3.03. The van der Waals surface area contributed by atoms with Crippen molar-refractivity contribution in [2.75, 3.05) is 18.8 Å². The maximum Gasteiger partial charge on any atom is 0.254 e. The Labute approximate surface area is 169 Å². The minimum Gasteiger partial charge on any atom is -0.368 e. The van der Waals surface area contributed by atoms with E-state index >= 15 is 0 Å². The van der Waals surface area contributed by atoms with Gasteiger partial charge in [-0.05, 0) is 37.0 Å². The van der Waals surface area contributed by atoms with Crippen LogP contribution < -0.4 is 11.1 Å². The number of carbonyl (C=O) groups is 2. The van der Waals surface area contributed by atoms with Crippen LogP contribution in [0.15, 0.2) is 36.5 Å². The third kappa shape index (κ3) is 4.88. The first kappa shape index (κ1) is 20.7. The van der Waals surface area contributed by atoms with Crippen LogP contribution in [0.2, 0.25) is 0 Å². The topological polar surface area (TPSA) is 101 Å². The Kier molecular flexibility index (Phi) is 6.41. The van der Waals surface area contributed by atoms with Crippen LogP contribution in [-0.4, -0.2) is 45.8 Å². The first-order chi connectivity index (χ1) is 13.9. The summed E-state index contributed by atoms with van der Waals surface area (Å²) in [4.78, 5) is 35.7. The highest BCUT2D eigenvalue weighted by Crippen LogP contribution is 2.26. The van der Waals surface area contributed by atoms with E-state index in [4.69, 9.17) is 5.73 Å². The Morgan fingerprint density at radius 1 is 1.28 bits per heavy atom. The maximum atomic E-state index is 13.9. The number of amides is 2. The summed E-state index contributed by atoms with van der Waals surface area (Å²) in [5.74, 6) is -1.24. The lowest BCUT2D eigenvalue weighted by Gasteiger charge is -2.36. The second-order valence-corrected chi connectivity index (χ2v) is 7.64. The van der Waals surface area contributed by atoms with Gasteiger partial charge < -0.3 is 16.0 Å². The van der Waals surface area contributed by atoms with Crippen LogP contribution in [0.4, 0.5) is 10.3 Å². The van der Waals surface area contributed by atoms with Gasteiger partial charge in [-0.2, -0.15) is 0 Å². The number of carbonyl (C=O) groups excluding carboxylic acids is 2. The molecular formula is C21H26FN5O2. The molecule has 154 valence electrons. The molecule has 0 bridgehead atoms. The van der Waals surface area contributed by atoms with Gasteiger partial charge in [0.2, 0.25) is 11.9 Å². The first-order valence-corrected chi connectivity index (χ1v) is 9.79. The lowest BCUT2D eigenvalue weighted by molar-refractivity contribution is -0.135. The van der Waals surface area contributed by atoms with Crippen molar-refractivity contribution in [2.24, 2.45) is 5.92 Å². The Morgan fingerprint density at radius 3 is 2.72 bits per heavy atom. The molecular weight excluding hydrogens is 373 g/mol. The zero-order chi connectivity index (χ0) is 21.0. The monoisotopic (exact) mass is 399 g/mol. The number of halogens is 1. The van der Waals surface area contributed by atoms with E-state index in [1.807, 2.05) is 19.9 Å². The van der Waals surface area contributed by atoms with Gasteiger partial charge in [0.15, 0.2) is 0 Å². The number of nitrogen functional groups attached to an aromatic ring is 1. The fourth-order valence-corrected chi connectivity index (χ4v) is 3.61. The van der Waals surface area contributed by atoms with Crippen LogP contribution in [0.25, 0.3) is 0 Å². The zero-order valence-corrected chi connectivity index (χ0v) is 16.6. The molecule has 1 aliphatic heterocycles. The van der Waals surface area contributed by atoms with E-state index in [1.54, 1.807) is 17.2 Å². The molecule has 0 saturated carbocycles. The number of anilines is 1. The molecule has 1 aromatic carbocycles. The SMILES string of the molecule is CC(C)[C@H](NC(=O)c1ccccc1F)C(=O)N1CCC[C@@H](c2ccnc(N)n2)C1. The van der Waals surface area contributed by atoms with E-state index in [-0.39, 0.29) is 29.3 Å². The van der Waals surface area contributed by atoms with Crippen LogP contribution in [-0.2, 0) is 4.79 Å². The van der Waals surface area contributed by atoms with Gasteiger partial charge in [0.05, 0.1) is 11.3 Å². The fraction of sp³-hybridized carbons (Fsp3) is 0.429. The zero-order valence-electron chi connectivity index (χ0n) is 16.6. The van der Waals surface area contributed by atoms with Crippen molar-refractivity contribution in [1.29, 1.82) is 0 Å². The highest BCUT2D eigenvalue weighted by Gasteiger charge is 2.33. The third-order valence-electron chi connectivity index (χ3n) is 5.18. The number of likely N-dealkylation sites (tertiary alicyclic amines) is 1. The van der Waals surface area contributed by atoms with Crippen molar-refractivity contribution < 1.29 is 14.0 Å². The van der Waals surface area contributed by atoms with Gasteiger partial charge in [-0.25, -0.2) is 14.4 Å². The summed E-state index contributed by atoms with van der Waals surface area (Å²) in [7, 11) is 0. The summed E-state index contributed by atoms with van der Waals surface area (Å²) < 4.78 is 13.9. The minimum absolute atomic E-state index is 0.0630. The quantitative estimate of drug-likeness (QED) is 0.804. The van der Waals surface area contributed by atoms with Crippen molar-refractivity contribution in [1.82, 2.24) is 20.2 Å². The molecule has 3 N–H and O–H groups in total. The van der Waals surface area contributed by atoms with Crippen molar-refractivity contribution in [3.05, 3.63) is 53.6 Å². The molecule has 29 heavy (non-hydrogen) atoms. The average Bonchev–Trinajstić information content (AvgIpc) is 2.71. The van der Waals surface area contributed by atoms with Crippen LogP contribution in [0.3, 0.4) is 0 Å². The van der Waals surface area contributed by atoms with Crippen molar-refractivity contribution in [3.63, 3.8) is 0 Å². The number of hydrogen-bond donors (Lipinski definition) is 2. The molecule has 2 heterocycles. The molecule has 0 radical (unpaired) electrons. The molecule has 2 amide bonds. The van der Waals surface area contributed by atoms with Gasteiger partial charge in [-0.15, -0.1) is 0 Å². The molecule has 1 saturated heterocycles. The fourth-order valence-electron chi connectivity index (χ4n) is 3.61. The summed E-state index contributed by atoms with van der Waals surface area (Å²) in [6, 6.07) is 6.82. The number of benzene rings is 1. The van der Waals surface area contributed by atoms with Crippen LogP contribution in [0.1, 0.15) is 48.7 Å². The lowest BCUT2D eigenvalue weighted by atomic mass is 9.93. The predicted octanol–water partition coefficient (Wildman–Crippen LogP) is 2.36. The Bertz CT molecular complexity index is 889. The second kappa shape index (κ2) is 8.98. The molecule has 8 heteroatoms. The van der Waals surface area contributed by atoms with Gasteiger partial charge in [0.25, 0.3) is 5.91 Å². The van der Waals surface area contributed by atoms with E-state index in [9.17, 15) is 14.0 Å². The molecule has 3 rings (SSSR count). The molecule has 1 aliphatic rings. The van der Waals surface area contributed by atoms with E-state index in [0.717, 1.165) is 18.5 Å². The van der Waals surface area contributed by atoms with E-state index < -0.39 is 17.8 Å². The Morgan fingerprint density at radius 2 is 2.03 bits per heavy atom. The first-order valence-electron chi connectivity index (χ1n) is 9.79. The predicted molar refractivity (Wildman–Crippen MR) is 107 cm³/mol. The number of aromatic nitrogens is 2. The molecule has 2 atom stereocenters. The second-order valence-electron chi connectivity index (χ2n) is 7.64. The number of nitrogens with two attached hydrogens (primary N) is 1. The van der Waals surface area contributed by atoms with E-state index in [2.05, 4.69) is 15.3 Å². The van der Waals surface area contributed by atoms with Gasteiger partial charge >= 0.3 is 0 Å². The minimum atomic E-state index is -0.740. The van der Waals surface area contributed by atoms with Gasteiger partial charge in [0, 0.05) is 25.2 Å². The molecule has 1 fully saturated rings. The van der Waals surface area contributed by atoms with Crippen LogP contribution in [0, 0.1) is 11.7 Å². The maximum absolute atomic E-state index is 13.9. The van der Waals surface area contributed by atoms with Crippen LogP contribution >= 0.6 is 0 Å². The molecule has 0 unspecified atom stereocenters. The number of piperidine rings is 1. The summed E-state index contributed by atoms with van der Waals surface area (Å²) >= 11 is 0. The average molecular weight is 399 g/mol. The third-order valence-corrected chi connectivity index (χ3v) is 5.18. The lowest BCUT2D eigenvalue weighted by Crippen LogP contribution is -2.53. The van der Waals surface area contributed by atoms with E-state index in [0.29, 0.717) is 13.1 Å². The van der Waals surface area contributed by atoms with Crippen LogP contribution in [0.5, 0.6) is 0 Å². The highest BCUT2D eigenvalue weighted by molar-refractivity contribution is 5.97. The number of hydrogen-bond acceptors (Lipinski definition) is 5. The normalized spacial score (nSPS) is 17.8. The molecule has 0 spiro atoms. The van der Waals surface area contributed by atoms with Crippen molar-refractivity contribution in [3.8, 4) is 0 Å². The summed E-state index contributed by atoms with van der Waals surface area (Å²) in [6.45, 7) is 4.82. The highest BCUT2D eigenvalue weighted by atomic mass is 19.1. The molecule has 2 aromatic rings. The van der Waals surface area contributed by atoms with Crippen molar-refractivity contribution >= 4 is 17.8 Å². The smallest absolute Gasteiger partial charge is 0.254 e. The molecule has 7 nitrogen and oxygen atoms in total. The summed E-state index contributed by atoms with van der Waals surface area (Å²) in [5, 5.41) is 2.72. The molecule has 1 aromatic heterocycles. The molecule has 0 aliphatic carbocycles.